The number of nitrogens with zero attached hydrogens (tertiary/aromatic N) is 6. The minimum absolute atomic E-state index is 0. The fourth-order valence-electron chi connectivity index (χ4n) is 3.89. The molecule has 4 aromatic heterocycles. The van der Waals surface area contributed by atoms with E-state index in [1.54, 1.807) is 24.8 Å². The molecule has 0 spiro atoms. The minimum atomic E-state index is -1.17. The molecule has 0 aliphatic carbocycles. The van der Waals surface area contributed by atoms with Crippen molar-refractivity contribution in [3.63, 3.8) is 0 Å². The molecule has 4 rings (SSSR count). The molecule has 4 heterocycles. The maximum absolute atomic E-state index is 13.3. The smallest absolute Gasteiger partial charge is 0.850 e. The fraction of sp³-hybridized carbons (Fsp3) is 0.310. The van der Waals surface area contributed by atoms with E-state index in [2.05, 4.69) is 29.7 Å². The summed E-state index contributed by atoms with van der Waals surface area (Å²) in [5, 5.41) is 28.6. The van der Waals surface area contributed by atoms with E-state index in [1.807, 2.05) is 72.8 Å². The first-order chi connectivity index (χ1) is 18.5. The maximum atomic E-state index is 13.3. The molecule has 0 amide bonds. The Balaban J connectivity index is 0.00000125. The first-order valence-electron chi connectivity index (χ1n) is 12.5. The molecule has 0 fully saturated rings. The van der Waals surface area contributed by atoms with Crippen molar-refractivity contribution in [2.24, 2.45) is 0 Å². The van der Waals surface area contributed by atoms with Gasteiger partial charge in [-0.1, -0.05) is 24.3 Å². The zero-order chi connectivity index (χ0) is 27.0. The van der Waals surface area contributed by atoms with Crippen molar-refractivity contribution < 1.29 is 54.3 Å². The zero-order valence-electron chi connectivity index (χ0n) is 23.0. The van der Waals surface area contributed by atoms with Gasteiger partial charge in [-0.15, -0.1) is 6.10 Å². The van der Waals surface area contributed by atoms with E-state index < -0.39 is 12.4 Å². The van der Waals surface area contributed by atoms with E-state index in [0.29, 0.717) is 39.3 Å². The van der Waals surface area contributed by atoms with Gasteiger partial charge in [0.1, 0.15) is 6.29 Å². The van der Waals surface area contributed by atoms with Gasteiger partial charge in [0.2, 0.25) is 0 Å². The Bertz CT molecular complexity index is 975. The van der Waals surface area contributed by atoms with E-state index >= 15 is 0 Å². The van der Waals surface area contributed by atoms with Gasteiger partial charge in [-0.05, 0) is 68.5 Å². The maximum Gasteiger partial charge on any atom is 2.00 e. The number of hydrogen-bond acceptors (Lipinski definition) is 9. The quantitative estimate of drug-likeness (QED) is 0.176. The fourth-order valence-corrected chi connectivity index (χ4v) is 3.89. The molecule has 40 heavy (non-hydrogen) atoms. The molecule has 0 atom stereocenters. The molecule has 11 heteroatoms. The van der Waals surface area contributed by atoms with Crippen LogP contribution in [0.1, 0.15) is 29.7 Å². The molecule has 2 N–H and O–H groups in total. The topological polar surface area (TPSA) is 122 Å². The molecule has 200 valence electrons. The van der Waals surface area contributed by atoms with Crippen molar-refractivity contribution >= 4 is 0 Å². The van der Waals surface area contributed by atoms with Gasteiger partial charge >= 0.3 is 39.0 Å². The predicted molar refractivity (Wildman–Crippen MR) is 143 cm³/mol. The number of hydrogen-bond donors (Lipinski definition) is 2. The van der Waals surface area contributed by atoms with Crippen molar-refractivity contribution in [2.45, 2.75) is 45.5 Å². The molecule has 0 unspecified atom stereocenters. The molecule has 4 aromatic rings. The number of aliphatic hydroxyl groups excluding tert-OH is 1. The van der Waals surface area contributed by atoms with Gasteiger partial charge in [0, 0.05) is 51.0 Å². The predicted octanol–water partition coefficient (Wildman–Crippen LogP) is 2.01. The summed E-state index contributed by atoms with van der Waals surface area (Å²) in [6.45, 7) is 4.42. The summed E-state index contributed by atoms with van der Waals surface area (Å²) in [7, 11) is 0. The largest absolute Gasteiger partial charge is 2.00 e. The van der Waals surface area contributed by atoms with Crippen LogP contribution in [0.4, 0.5) is 0 Å². The molecule has 0 aliphatic rings. The Labute approximate surface area is 261 Å². The molecule has 0 aliphatic heterocycles. The summed E-state index contributed by atoms with van der Waals surface area (Å²) in [5.41, 5.74) is 3.74. The van der Waals surface area contributed by atoms with E-state index in [-0.39, 0.29) is 39.0 Å². The molecule has 0 aromatic carbocycles. The van der Waals surface area contributed by atoms with Crippen molar-refractivity contribution in [1.29, 1.82) is 0 Å². The summed E-state index contributed by atoms with van der Waals surface area (Å²) in [6, 6.07) is 23.4. The van der Waals surface area contributed by atoms with Crippen LogP contribution < -0.4 is 5.11 Å². The Morgan fingerprint density at radius 3 is 1.02 bits per heavy atom. The van der Waals surface area contributed by atoms with E-state index in [0.717, 1.165) is 22.8 Å². The third-order valence-electron chi connectivity index (χ3n) is 5.37. The molecular weight excluding hydrogens is 611 g/mol. The molecular formula is C29H35N6O3Zn2+3. The number of aromatic nitrogens is 4. The van der Waals surface area contributed by atoms with Crippen molar-refractivity contribution in [2.75, 3.05) is 13.1 Å². The van der Waals surface area contributed by atoms with Gasteiger partial charge in [-0.25, -0.2) is 0 Å². The first-order valence-corrected chi connectivity index (χ1v) is 12.5. The van der Waals surface area contributed by atoms with Gasteiger partial charge in [-0.2, -0.15) is 0 Å². The molecule has 0 saturated heterocycles. The van der Waals surface area contributed by atoms with E-state index in [9.17, 15) is 5.11 Å². The van der Waals surface area contributed by atoms with Gasteiger partial charge in [0.15, 0.2) is 0 Å². The third kappa shape index (κ3) is 14.9. The van der Waals surface area contributed by atoms with Crippen molar-refractivity contribution in [3.8, 4) is 0 Å². The van der Waals surface area contributed by atoms with Crippen LogP contribution in [0, 0.1) is 0 Å². The van der Waals surface area contributed by atoms with Gasteiger partial charge < -0.3 is 15.3 Å². The monoisotopic (exact) mass is 643 g/mol. The number of aliphatic hydroxyl groups is 2. The molecule has 9 nitrogen and oxygen atoms in total. The minimum Gasteiger partial charge on any atom is -0.850 e. The Hall–Kier alpha value is -2.35. The Morgan fingerprint density at radius 2 is 0.825 bits per heavy atom. The van der Waals surface area contributed by atoms with Crippen molar-refractivity contribution in [3.05, 3.63) is 120 Å². The van der Waals surface area contributed by atoms with Crippen LogP contribution in [-0.2, 0) is 65.1 Å². The van der Waals surface area contributed by atoms with Gasteiger partial charge in [-0.3, -0.25) is 29.7 Å². The standard InChI is InChI=1S/C27H29N6O.C2H6O2.2Zn/c34-27(21-32(17-23-9-1-5-13-28-23)18-24-10-2-6-14-29-24)22-33(19-25-11-3-7-15-30-25)20-26-12-4-8-16-31-26;1-2(3)4;;/h1-16,27H,17-22H2;2-4H,1H3;;/q-1;;2*+2. The average molecular weight is 646 g/mol. The second kappa shape index (κ2) is 20.5. The Morgan fingerprint density at radius 1 is 0.575 bits per heavy atom. The average Bonchev–Trinajstić information content (AvgIpc) is 2.90. The van der Waals surface area contributed by atoms with Crippen LogP contribution in [0.5, 0.6) is 0 Å². The number of rotatable bonds is 12. The van der Waals surface area contributed by atoms with Crippen LogP contribution in [0.25, 0.3) is 0 Å². The van der Waals surface area contributed by atoms with Gasteiger partial charge in [0.25, 0.3) is 0 Å². The van der Waals surface area contributed by atoms with E-state index in [4.69, 9.17) is 10.2 Å². The SMILES string of the molecule is CC(O)O.[O-]C(CN(Cc1ccccn1)Cc1ccccn1)CN(Cc1ccccn1)Cc1ccccn1.[Zn+2].[Zn+2]. The van der Waals surface area contributed by atoms with E-state index in [1.165, 1.54) is 6.92 Å². The first kappa shape index (κ1) is 35.7. The van der Waals surface area contributed by atoms with Crippen LogP contribution in [0.15, 0.2) is 97.6 Å². The summed E-state index contributed by atoms with van der Waals surface area (Å²) in [5.74, 6) is 0. The summed E-state index contributed by atoms with van der Waals surface area (Å²) in [4.78, 5) is 22.1. The summed E-state index contributed by atoms with van der Waals surface area (Å²) < 4.78 is 0. The Kier molecular flexibility index (Phi) is 18.3. The third-order valence-corrected chi connectivity index (χ3v) is 5.37. The van der Waals surface area contributed by atoms with Crippen LogP contribution in [0.3, 0.4) is 0 Å². The second-order valence-electron chi connectivity index (χ2n) is 8.88. The van der Waals surface area contributed by atoms with Gasteiger partial charge in [0.05, 0.1) is 22.8 Å². The summed E-state index contributed by atoms with van der Waals surface area (Å²) >= 11 is 0. The second-order valence-corrected chi connectivity index (χ2v) is 8.88. The number of pyridine rings is 4. The molecule has 0 saturated carbocycles. The normalized spacial score (nSPS) is 10.6. The van der Waals surface area contributed by atoms with Crippen molar-refractivity contribution in [1.82, 2.24) is 29.7 Å². The molecule has 0 radical (unpaired) electrons. The summed E-state index contributed by atoms with van der Waals surface area (Å²) in [6.07, 6.45) is 5.14. The van der Waals surface area contributed by atoms with Crippen LogP contribution in [-0.4, -0.2) is 65.4 Å². The van der Waals surface area contributed by atoms with Crippen LogP contribution >= 0.6 is 0 Å². The van der Waals surface area contributed by atoms with Crippen LogP contribution in [0.2, 0.25) is 0 Å². The zero-order valence-corrected chi connectivity index (χ0v) is 29.0. The molecule has 0 bridgehead atoms.